The highest BCUT2D eigenvalue weighted by molar-refractivity contribution is 5.66. The first-order chi connectivity index (χ1) is 18.9. The number of fused-ring (bicyclic) bond motifs is 5. The van der Waals surface area contributed by atoms with Crippen LogP contribution in [0.5, 0.6) is 5.75 Å². The number of piperidine rings is 1. The zero-order valence-electron chi connectivity index (χ0n) is 25.6. The van der Waals surface area contributed by atoms with E-state index in [0.717, 1.165) is 30.4 Å². The third-order valence-electron chi connectivity index (χ3n) is 9.86. The molecular weight excluding hydrogens is 478 g/mol. The Morgan fingerprint density at radius 2 is 1.51 bits per heavy atom. The van der Waals surface area contributed by atoms with E-state index in [9.17, 15) is 0 Å². The highest BCUT2D eigenvalue weighted by atomic mass is 16.5. The number of benzene rings is 1. The number of rotatable bonds is 4. The van der Waals surface area contributed by atoms with Crippen molar-refractivity contribution in [2.75, 3.05) is 66.5 Å². The first-order valence-corrected chi connectivity index (χ1v) is 16.1. The van der Waals surface area contributed by atoms with Crippen molar-refractivity contribution < 1.29 is 4.74 Å². The predicted molar refractivity (Wildman–Crippen MR) is 168 cm³/mol. The lowest BCUT2D eigenvalue weighted by Gasteiger charge is -2.32. The summed E-state index contributed by atoms with van der Waals surface area (Å²) in [6.45, 7) is 21.3. The average molecular weight is 536 g/mol. The maximum Gasteiger partial charge on any atom is 0.124 e. The summed E-state index contributed by atoms with van der Waals surface area (Å²) in [6, 6.07) is 4.67. The van der Waals surface area contributed by atoms with Gasteiger partial charge in [-0.1, -0.05) is 31.6 Å². The fourth-order valence-corrected chi connectivity index (χ4v) is 7.23. The molecule has 0 aromatic heterocycles. The molecule has 3 aliphatic heterocycles. The molecular formula is C35H57N3O. The van der Waals surface area contributed by atoms with Crippen molar-refractivity contribution in [2.24, 2.45) is 11.8 Å². The Kier molecular flexibility index (Phi) is 12.0. The fraction of sp³-hybridized carbons (Fsp3) is 0.714. The zero-order valence-corrected chi connectivity index (χ0v) is 25.6. The Bertz CT molecular complexity index is 932. The molecule has 1 aromatic carbocycles. The smallest absolute Gasteiger partial charge is 0.124 e. The molecule has 0 saturated carbocycles. The third kappa shape index (κ3) is 9.20. The second-order valence-electron chi connectivity index (χ2n) is 12.9. The molecule has 4 bridgehead atoms. The average Bonchev–Trinajstić information content (AvgIpc) is 3.16. The summed E-state index contributed by atoms with van der Waals surface area (Å²) < 4.78 is 5.88. The van der Waals surface area contributed by atoms with E-state index in [1.165, 1.54) is 144 Å². The van der Waals surface area contributed by atoms with Crippen molar-refractivity contribution >= 4 is 5.57 Å². The van der Waals surface area contributed by atoms with Gasteiger partial charge in [0, 0.05) is 13.1 Å². The quantitative estimate of drug-likeness (QED) is 0.379. The SMILES string of the molecule is C=C1CCCCN2CCCN(CCC(CC(=C)C3CCN(C)CC3)CCCCc3cc1cc(C)c3OC)CC2. The van der Waals surface area contributed by atoms with Crippen molar-refractivity contribution in [1.82, 2.24) is 14.7 Å². The minimum Gasteiger partial charge on any atom is -0.496 e. The molecule has 3 heterocycles. The van der Waals surface area contributed by atoms with Gasteiger partial charge in [0.05, 0.1) is 7.11 Å². The minimum absolute atomic E-state index is 0.730. The molecule has 0 N–H and O–H groups in total. The minimum atomic E-state index is 0.730. The van der Waals surface area contributed by atoms with Crippen LogP contribution in [0, 0.1) is 18.8 Å². The van der Waals surface area contributed by atoms with Crippen molar-refractivity contribution in [1.29, 1.82) is 0 Å². The number of nitrogens with zero attached hydrogens (tertiary/aromatic N) is 3. The number of ether oxygens (including phenoxy) is 1. The normalized spacial score (nSPS) is 27.3. The summed E-state index contributed by atoms with van der Waals surface area (Å²) in [7, 11) is 4.09. The molecule has 0 aliphatic carbocycles. The van der Waals surface area contributed by atoms with Crippen molar-refractivity contribution in [3.8, 4) is 5.75 Å². The van der Waals surface area contributed by atoms with Crippen LogP contribution in [0.3, 0.4) is 0 Å². The van der Waals surface area contributed by atoms with Crippen molar-refractivity contribution in [3.63, 3.8) is 0 Å². The van der Waals surface area contributed by atoms with Crippen LogP contribution >= 0.6 is 0 Å². The summed E-state index contributed by atoms with van der Waals surface area (Å²) >= 11 is 0. The van der Waals surface area contributed by atoms with Crippen molar-refractivity contribution in [3.05, 3.63) is 47.6 Å². The summed E-state index contributed by atoms with van der Waals surface area (Å²) in [4.78, 5) is 7.96. The number of hydrogen-bond acceptors (Lipinski definition) is 4. The third-order valence-corrected chi connectivity index (χ3v) is 9.86. The molecule has 4 nitrogen and oxygen atoms in total. The number of allylic oxidation sites excluding steroid dienone is 2. The molecule has 2 fully saturated rings. The number of hydrogen-bond donors (Lipinski definition) is 0. The van der Waals surface area contributed by atoms with Crippen LogP contribution in [0.1, 0.15) is 87.3 Å². The lowest BCUT2D eigenvalue weighted by molar-refractivity contribution is 0.223. The Balaban J connectivity index is 1.45. The van der Waals surface area contributed by atoms with Gasteiger partial charge in [0.1, 0.15) is 5.75 Å². The van der Waals surface area contributed by atoms with Gasteiger partial charge in [0.2, 0.25) is 0 Å². The van der Waals surface area contributed by atoms with E-state index < -0.39 is 0 Å². The van der Waals surface area contributed by atoms with E-state index in [0.29, 0.717) is 0 Å². The maximum absolute atomic E-state index is 5.88. The van der Waals surface area contributed by atoms with Crippen LogP contribution in [-0.4, -0.2) is 81.2 Å². The molecule has 39 heavy (non-hydrogen) atoms. The molecule has 4 heteroatoms. The monoisotopic (exact) mass is 535 g/mol. The predicted octanol–water partition coefficient (Wildman–Crippen LogP) is 7.22. The molecule has 4 rings (SSSR count). The molecule has 0 radical (unpaired) electrons. The fourth-order valence-electron chi connectivity index (χ4n) is 7.23. The summed E-state index contributed by atoms with van der Waals surface area (Å²) in [5, 5.41) is 0. The second-order valence-corrected chi connectivity index (χ2v) is 12.9. The Hall–Kier alpha value is -1.62. The van der Waals surface area contributed by atoms with E-state index in [-0.39, 0.29) is 0 Å². The standard InChI is InChI=1S/C35H57N3O/c1-28-11-8-9-17-37-18-10-19-38(24-23-37)22-14-31(25-29(2)32-15-20-36(4)21-16-32)12-6-7-13-33-27-34(28)26-30(3)35(33)39-5/h26-27,31-32H,1-2,6-25H2,3-5H3. The maximum atomic E-state index is 5.88. The molecule has 3 unspecified atom stereocenters. The first kappa shape index (κ1) is 30.3. The summed E-state index contributed by atoms with van der Waals surface area (Å²) in [5.41, 5.74) is 6.76. The number of aryl methyl sites for hydroxylation is 2. The van der Waals surface area contributed by atoms with Gasteiger partial charge in [-0.05, 0) is 164 Å². The molecule has 0 amide bonds. The number of likely N-dealkylation sites (tertiary alicyclic amines) is 1. The van der Waals surface area contributed by atoms with Gasteiger partial charge >= 0.3 is 0 Å². The van der Waals surface area contributed by atoms with E-state index in [1.54, 1.807) is 0 Å². The van der Waals surface area contributed by atoms with E-state index in [2.05, 4.69) is 54.0 Å². The van der Waals surface area contributed by atoms with Gasteiger partial charge in [0.15, 0.2) is 0 Å². The molecule has 218 valence electrons. The molecule has 1 aromatic rings. The highest BCUT2D eigenvalue weighted by Gasteiger charge is 2.23. The molecule has 2 saturated heterocycles. The second kappa shape index (κ2) is 15.4. The topological polar surface area (TPSA) is 19.0 Å². The van der Waals surface area contributed by atoms with Gasteiger partial charge in [-0.3, -0.25) is 0 Å². The van der Waals surface area contributed by atoms with E-state index >= 15 is 0 Å². The van der Waals surface area contributed by atoms with Crippen LogP contribution in [0.4, 0.5) is 0 Å². The zero-order chi connectivity index (χ0) is 27.6. The molecule has 3 atom stereocenters. The van der Waals surface area contributed by atoms with Gasteiger partial charge in [0.25, 0.3) is 0 Å². The first-order valence-electron chi connectivity index (χ1n) is 16.1. The molecule has 0 spiro atoms. The lowest BCUT2D eigenvalue weighted by Crippen LogP contribution is -2.33. The molecule has 3 aliphatic rings. The largest absolute Gasteiger partial charge is 0.496 e. The highest BCUT2D eigenvalue weighted by Crippen LogP contribution is 2.33. The van der Waals surface area contributed by atoms with Gasteiger partial charge < -0.3 is 19.4 Å². The van der Waals surface area contributed by atoms with Gasteiger partial charge in [-0.2, -0.15) is 0 Å². The van der Waals surface area contributed by atoms with Crippen molar-refractivity contribution in [2.45, 2.75) is 84.0 Å². The Morgan fingerprint density at radius 3 is 2.26 bits per heavy atom. The Labute approximate surface area is 240 Å². The summed E-state index contributed by atoms with van der Waals surface area (Å²) in [6.07, 6.45) is 15.0. The van der Waals surface area contributed by atoms with E-state index in [4.69, 9.17) is 4.74 Å². The van der Waals surface area contributed by atoms with E-state index in [1.807, 2.05) is 7.11 Å². The number of methoxy groups -OCH3 is 1. The Morgan fingerprint density at radius 1 is 0.821 bits per heavy atom. The van der Waals surface area contributed by atoms with Crippen LogP contribution in [-0.2, 0) is 6.42 Å². The van der Waals surface area contributed by atoms with Crippen LogP contribution in [0.15, 0.2) is 30.9 Å². The van der Waals surface area contributed by atoms with Crippen LogP contribution in [0.2, 0.25) is 0 Å². The summed E-state index contributed by atoms with van der Waals surface area (Å²) in [5.74, 6) is 2.57. The van der Waals surface area contributed by atoms with Gasteiger partial charge in [-0.25, -0.2) is 0 Å². The van der Waals surface area contributed by atoms with Gasteiger partial charge in [-0.15, -0.1) is 0 Å². The lowest BCUT2D eigenvalue weighted by atomic mass is 9.82. The van der Waals surface area contributed by atoms with Crippen LogP contribution < -0.4 is 4.74 Å². The van der Waals surface area contributed by atoms with Crippen LogP contribution in [0.25, 0.3) is 5.57 Å².